The van der Waals surface area contributed by atoms with E-state index in [2.05, 4.69) is 48.6 Å². The predicted molar refractivity (Wildman–Crippen MR) is 229 cm³/mol. The summed E-state index contributed by atoms with van der Waals surface area (Å²) < 4.78 is 64.8. The molecule has 2 saturated heterocycles. The zero-order valence-corrected chi connectivity index (χ0v) is 38.2. The summed E-state index contributed by atoms with van der Waals surface area (Å²) in [4.78, 5) is 25.0. The van der Waals surface area contributed by atoms with Gasteiger partial charge in [0.05, 0.1) is 32.3 Å². The molecule has 0 radical (unpaired) electrons. The van der Waals surface area contributed by atoms with Crippen LogP contribution in [0.5, 0.6) is 0 Å². The van der Waals surface area contributed by atoms with E-state index in [9.17, 15) is 26.4 Å². The van der Waals surface area contributed by atoms with Crippen LogP contribution in [0.3, 0.4) is 0 Å². The minimum atomic E-state index is -3.93. The lowest BCUT2D eigenvalue weighted by molar-refractivity contribution is -0.144. The molecule has 2 heterocycles. The molecule has 3 aliphatic rings. The molecule has 2 atom stereocenters. The Bertz CT molecular complexity index is 2170. The van der Waals surface area contributed by atoms with Crippen molar-refractivity contribution in [3.05, 3.63) is 90.3 Å². The highest BCUT2D eigenvalue weighted by molar-refractivity contribution is 7.89. The van der Waals surface area contributed by atoms with Crippen LogP contribution in [0.2, 0.25) is 30.1 Å². The molecule has 2 unspecified atom stereocenters. The van der Waals surface area contributed by atoms with Gasteiger partial charge in [0.15, 0.2) is 0 Å². The number of halogens is 6. The van der Waals surface area contributed by atoms with Gasteiger partial charge in [-0.3, -0.25) is 9.69 Å². The van der Waals surface area contributed by atoms with E-state index >= 15 is 0 Å². The fraction of sp³-hybridized carbons (Fsp3) is 0.474. The summed E-state index contributed by atoms with van der Waals surface area (Å²) in [5.74, 6) is -1.29. The van der Waals surface area contributed by atoms with Crippen LogP contribution in [0.1, 0.15) is 44.1 Å². The molecule has 1 saturated carbocycles. The van der Waals surface area contributed by atoms with Crippen LogP contribution in [0.25, 0.3) is 0 Å². The van der Waals surface area contributed by atoms with Gasteiger partial charge in [-0.05, 0) is 82.4 Å². The first kappa shape index (κ1) is 48.1. The van der Waals surface area contributed by atoms with Crippen LogP contribution >= 0.6 is 69.6 Å². The van der Waals surface area contributed by atoms with Crippen LogP contribution < -0.4 is 5.32 Å². The Balaban J connectivity index is 0.000000256. The van der Waals surface area contributed by atoms with Crippen molar-refractivity contribution in [3.8, 4) is 0 Å². The molecule has 1 aliphatic carbocycles. The molecular formula is C38H44Cl6N4O9S2. The van der Waals surface area contributed by atoms with Gasteiger partial charge in [-0.1, -0.05) is 99.9 Å². The highest BCUT2D eigenvalue weighted by Crippen LogP contribution is 2.41. The molecule has 0 bridgehead atoms. The van der Waals surface area contributed by atoms with Crippen molar-refractivity contribution in [1.29, 1.82) is 0 Å². The quantitative estimate of drug-likeness (QED) is 0.176. The van der Waals surface area contributed by atoms with Crippen LogP contribution in [0, 0.1) is 0 Å². The third-order valence-corrected chi connectivity index (χ3v) is 16.6. The van der Waals surface area contributed by atoms with Gasteiger partial charge in [-0.15, -0.1) is 0 Å². The van der Waals surface area contributed by atoms with Crippen LogP contribution in [-0.2, 0) is 44.6 Å². The summed E-state index contributed by atoms with van der Waals surface area (Å²) in [5, 5.41) is 12.0. The van der Waals surface area contributed by atoms with Gasteiger partial charge < -0.3 is 19.9 Å². The molecule has 1 amide bonds. The summed E-state index contributed by atoms with van der Waals surface area (Å²) in [6, 6.07) is 15.9. The number of sulfonamides is 2. The van der Waals surface area contributed by atoms with E-state index in [4.69, 9.17) is 84.2 Å². The molecule has 13 nitrogen and oxygen atoms in total. The number of hydrogen-bond donors (Lipinski definition) is 2. The van der Waals surface area contributed by atoms with E-state index in [1.165, 1.54) is 38.4 Å². The fourth-order valence-corrected chi connectivity index (χ4v) is 13.5. The van der Waals surface area contributed by atoms with Crippen LogP contribution in [0.4, 0.5) is 0 Å². The number of benzene rings is 3. The highest BCUT2D eigenvalue weighted by atomic mass is 35.5. The number of ether oxygens (including phenoxy) is 2. The predicted octanol–water partition coefficient (Wildman–Crippen LogP) is 7.45. The summed E-state index contributed by atoms with van der Waals surface area (Å²) in [7, 11) is -3.61. The Hall–Kier alpha value is -1.96. The molecule has 3 aromatic rings. The smallest absolute Gasteiger partial charge is 0.329 e. The number of hydrogen-bond acceptors (Lipinski definition) is 9. The first-order chi connectivity index (χ1) is 27.7. The van der Waals surface area contributed by atoms with Crippen LogP contribution in [0.15, 0.2) is 64.4 Å². The second-order valence-electron chi connectivity index (χ2n) is 14.6. The van der Waals surface area contributed by atoms with Crippen molar-refractivity contribution in [2.75, 3.05) is 53.5 Å². The van der Waals surface area contributed by atoms with Gasteiger partial charge >= 0.3 is 5.97 Å². The third kappa shape index (κ3) is 11.7. The maximum Gasteiger partial charge on any atom is 0.329 e. The number of aliphatic carboxylic acids is 1. The van der Waals surface area contributed by atoms with Crippen molar-refractivity contribution in [3.63, 3.8) is 0 Å². The van der Waals surface area contributed by atoms with Crippen molar-refractivity contribution in [2.45, 2.75) is 72.1 Å². The average Bonchev–Trinajstić information content (AvgIpc) is 3.85. The summed E-state index contributed by atoms with van der Waals surface area (Å²) in [6.07, 6.45) is 3.64. The summed E-state index contributed by atoms with van der Waals surface area (Å²) in [6.45, 7) is 0.0260. The second-order valence-corrected chi connectivity index (χ2v) is 20.8. The molecular weight excluding hydrogens is 933 g/mol. The number of rotatable bonds is 13. The second kappa shape index (κ2) is 20.5. The van der Waals surface area contributed by atoms with Crippen molar-refractivity contribution in [2.24, 2.45) is 0 Å². The third-order valence-electron chi connectivity index (χ3n) is 10.6. The number of nitrogens with zero attached hydrogens (tertiary/aromatic N) is 3. The molecule has 6 rings (SSSR count). The lowest BCUT2D eigenvalue weighted by Gasteiger charge is -2.45. The van der Waals surface area contributed by atoms with E-state index in [-0.39, 0.29) is 90.2 Å². The standard InChI is InChI=1S/C26H32Cl3N3O4S.C12H12Cl3NO5S/c1-31(2)26(18-6-4-3-5-7-18)11-8-20(9-12-26)30-24(33)17-36-21-10-13-32(16-21)37(34,35)25-22(28)14-19(27)15-23(25)29;13-7-3-9(14)12(10(15)4-7)22(19,20)16-2-1-8(5-16)21-6-11(17)18/h3-7,14-15,20-21H,8-13,16-17H2,1-2H3,(H,30,33);3-4,8H,1-2,5-6H2,(H,17,18). The van der Waals surface area contributed by atoms with E-state index in [0.29, 0.717) is 12.8 Å². The van der Waals surface area contributed by atoms with Gasteiger partial charge in [0.2, 0.25) is 26.0 Å². The largest absolute Gasteiger partial charge is 0.480 e. The minimum absolute atomic E-state index is 0.0284. The molecule has 0 aromatic heterocycles. The fourth-order valence-electron chi connectivity index (χ4n) is 7.55. The van der Waals surface area contributed by atoms with E-state index in [0.717, 1.165) is 25.7 Å². The van der Waals surface area contributed by atoms with Gasteiger partial charge in [-0.25, -0.2) is 21.6 Å². The number of nitrogens with one attached hydrogen (secondary N) is 1. The molecule has 3 aromatic carbocycles. The molecule has 2 N–H and O–H groups in total. The maximum absolute atomic E-state index is 13.1. The number of amides is 1. The van der Waals surface area contributed by atoms with Gasteiger partial charge in [0, 0.05) is 47.8 Å². The summed E-state index contributed by atoms with van der Waals surface area (Å²) in [5.41, 5.74) is 1.27. The molecule has 2 aliphatic heterocycles. The number of carboxylic acids is 1. The first-order valence-corrected chi connectivity index (χ1v) is 23.7. The zero-order valence-electron chi connectivity index (χ0n) is 32.1. The van der Waals surface area contributed by atoms with Gasteiger partial charge in [-0.2, -0.15) is 8.61 Å². The monoisotopic (exact) mass is 974 g/mol. The van der Waals surface area contributed by atoms with Crippen molar-refractivity contribution < 1.29 is 41.0 Å². The lowest BCUT2D eigenvalue weighted by Crippen LogP contribution is -2.49. The maximum atomic E-state index is 13.1. The lowest BCUT2D eigenvalue weighted by atomic mass is 9.74. The molecule has 21 heteroatoms. The van der Waals surface area contributed by atoms with E-state index < -0.39 is 44.8 Å². The van der Waals surface area contributed by atoms with Gasteiger partial charge in [0.1, 0.15) is 23.0 Å². The number of carboxylic acid groups (broad SMARTS) is 1. The zero-order chi connectivity index (χ0) is 43.3. The Morgan fingerprint density at radius 3 is 1.56 bits per heavy atom. The normalized spacial score (nSPS) is 22.9. The average molecular weight is 978 g/mol. The number of carbonyl (C=O) groups is 2. The molecule has 324 valence electrons. The minimum Gasteiger partial charge on any atom is -0.480 e. The van der Waals surface area contributed by atoms with E-state index in [1.54, 1.807) is 0 Å². The Morgan fingerprint density at radius 2 is 1.15 bits per heavy atom. The molecule has 0 spiro atoms. The van der Waals surface area contributed by atoms with Crippen LogP contribution in [-0.4, -0.2) is 119 Å². The first-order valence-electron chi connectivity index (χ1n) is 18.5. The topological polar surface area (TPSA) is 163 Å². The Kier molecular flexibility index (Phi) is 16.7. The van der Waals surface area contributed by atoms with Gasteiger partial charge in [0.25, 0.3) is 0 Å². The van der Waals surface area contributed by atoms with E-state index in [1.807, 2.05) is 6.07 Å². The Labute approximate surface area is 374 Å². The summed E-state index contributed by atoms with van der Waals surface area (Å²) >= 11 is 35.9. The number of carbonyl (C=O) groups excluding carboxylic acids is 1. The van der Waals surface area contributed by atoms with Crippen molar-refractivity contribution >= 4 is 102 Å². The SMILES string of the molecule is CN(C)C1(c2ccccc2)CCC(NC(=O)COC2CCN(S(=O)(=O)c3c(Cl)cc(Cl)cc3Cl)C2)CC1.O=C(O)COC1CCN(S(=O)(=O)c2c(Cl)cc(Cl)cc2Cl)C1. The molecule has 59 heavy (non-hydrogen) atoms. The molecule has 3 fully saturated rings. The Morgan fingerprint density at radius 1 is 0.729 bits per heavy atom. The highest BCUT2D eigenvalue weighted by Gasteiger charge is 2.40. The van der Waals surface area contributed by atoms with Crippen molar-refractivity contribution in [1.82, 2.24) is 18.8 Å².